The summed E-state index contributed by atoms with van der Waals surface area (Å²) in [5.41, 5.74) is 9.51. The third-order valence-electron chi connectivity index (χ3n) is 1.28. The maximum absolute atomic E-state index is 10.6. The SMILES string of the molecule is C=CC[C@@](N)(CS)C(N)=O. The van der Waals surface area contributed by atoms with Gasteiger partial charge in [-0.2, -0.15) is 12.6 Å². The molecule has 0 rings (SSSR count). The fourth-order valence-corrected chi connectivity index (χ4v) is 0.786. The normalized spacial score (nSPS) is 15.8. The van der Waals surface area contributed by atoms with Gasteiger partial charge in [-0.3, -0.25) is 4.79 Å². The van der Waals surface area contributed by atoms with Gasteiger partial charge in [-0.1, -0.05) is 6.08 Å². The molecule has 0 radical (unpaired) electrons. The molecule has 1 amide bonds. The summed E-state index contributed by atoms with van der Waals surface area (Å²) in [5.74, 6) is -0.295. The van der Waals surface area contributed by atoms with Crippen LogP contribution in [-0.2, 0) is 4.79 Å². The largest absolute Gasteiger partial charge is 0.368 e. The molecule has 1 atom stereocenters. The van der Waals surface area contributed by atoms with Crippen LogP contribution in [0.25, 0.3) is 0 Å². The number of nitrogens with two attached hydrogens (primary N) is 2. The smallest absolute Gasteiger partial charge is 0.238 e. The van der Waals surface area contributed by atoms with E-state index < -0.39 is 11.4 Å². The Labute approximate surface area is 65.9 Å². The second kappa shape index (κ2) is 3.63. The van der Waals surface area contributed by atoms with Gasteiger partial charge in [0.15, 0.2) is 0 Å². The second-order valence-electron chi connectivity index (χ2n) is 2.17. The van der Waals surface area contributed by atoms with E-state index in [4.69, 9.17) is 11.5 Å². The summed E-state index contributed by atoms with van der Waals surface area (Å²) in [5, 5.41) is 0. The van der Waals surface area contributed by atoms with Crippen LogP contribution < -0.4 is 11.5 Å². The van der Waals surface area contributed by atoms with Gasteiger partial charge in [0.2, 0.25) is 5.91 Å². The number of rotatable bonds is 4. The highest BCUT2D eigenvalue weighted by Crippen LogP contribution is 2.07. The minimum Gasteiger partial charge on any atom is -0.368 e. The molecule has 0 aromatic carbocycles. The van der Waals surface area contributed by atoms with Crippen molar-refractivity contribution in [3.05, 3.63) is 12.7 Å². The molecule has 0 aliphatic carbocycles. The van der Waals surface area contributed by atoms with Crippen LogP contribution in [-0.4, -0.2) is 17.2 Å². The van der Waals surface area contributed by atoms with Crippen molar-refractivity contribution in [3.8, 4) is 0 Å². The van der Waals surface area contributed by atoms with Gasteiger partial charge in [0, 0.05) is 5.75 Å². The van der Waals surface area contributed by atoms with E-state index in [0.29, 0.717) is 6.42 Å². The maximum Gasteiger partial charge on any atom is 0.238 e. The monoisotopic (exact) mass is 160 g/mol. The molecule has 0 spiro atoms. The average molecular weight is 160 g/mol. The molecule has 0 unspecified atom stereocenters. The van der Waals surface area contributed by atoms with Gasteiger partial charge in [-0.05, 0) is 6.42 Å². The van der Waals surface area contributed by atoms with Crippen LogP contribution in [0.2, 0.25) is 0 Å². The fourth-order valence-electron chi connectivity index (χ4n) is 0.501. The summed E-state index contributed by atoms with van der Waals surface area (Å²) in [6.07, 6.45) is 1.92. The van der Waals surface area contributed by atoms with Gasteiger partial charge >= 0.3 is 0 Å². The summed E-state index contributed by atoms with van der Waals surface area (Å²) in [7, 11) is 0. The van der Waals surface area contributed by atoms with E-state index in [9.17, 15) is 4.79 Å². The number of thiol groups is 1. The Kier molecular flexibility index (Phi) is 3.46. The standard InChI is InChI=1S/C6H12N2OS/c1-2-3-6(8,4-10)5(7)9/h2,10H,1,3-4,8H2,(H2,7,9)/t6-/m1/s1. The lowest BCUT2D eigenvalue weighted by Gasteiger charge is -2.21. The average Bonchev–Trinajstić information content (AvgIpc) is 1.88. The molecule has 10 heavy (non-hydrogen) atoms. The van der Waals surface area contributed by atoms with Crippen molar-refractivity contribution in [2.24, 2.45) is 11.5 Å². The molecule has 0 aliphatic rings. The zero-order valence-electron chi connectivity index (χ0n) is 5.71. The van der Waals surface area contributed by atoms with E-state index in [1.807, 2.05) is 0 Å². The van der Waals surface area contributed by atoms with Crippen LogP contribution in [0, 0.1) is 0 Å². The van der Waals surface area contributed by atoms with Crippen molar-refractivity contribution in [2.45, 2.75) is 12.0 Å². The number of primary amides is 1. The zero-order valence-corrected chi connectivity index (χ0v) is 6.60. The van der Waals surface area contributed by atoms with Gasteiger partial charge in [0.05, 0.1) is 0 Å². The Balaban J connectivity index is 4.21. The Morgan fingerprint density at radius 2 is 2.30 bits per heavy atom. The van der Waals surface area contributed by atoms with E-state index in [0.717, 1.165) is 0 Å². The van der Waals surface area contributed by atoms with Crippen molar-refractivity contribution in [1.82, 2.24) is 0 Å². The van der Waals surface area contributed by atoms with Crippen LogP contribution in [0.15, 0.2) is 12.7 Å². The molecule has 0 aliphatic heterocycles. The second-order valence-corrected chi connectivity index (χ2v) is 2.49. The van der Waals surface area contributed by atoms with Crippen LogP contribution in [0.3, 0.4) is 0 Å². The molecule has 0 saturated heterocycles. The van der Waals surface area contributed by atoms with Crippen LogP contribution in [0.4, 0.5) is 0 Å². The third kappa shape index (κ3) is 2.04. The Hall–Kier alpha value is -0.480. The fraction of sp³-hybridized carbons (Fsp3) is 0.500. The molecular formula is C6H12N2OS. The highest BCUT2D eigenvalue weighted by Gasteiger charge is 2.28. The lowest BCUT2D eigenvalue weighted by Crippen LogP contribution is -2.53. The van der Waals surface area contributed by atoms with Gasteiger partial charge in [0.1, 0.15) is 5.54 Å². The summed E-state index contributed by atoms with van der Waals surface area (Å²) >= 11 is 3.90. The summed E-state index contributed by atoms with van der Waals surface area (Å²) in [6, 6.07) is 0. The number of amides is 1. The van der Waals surface area contributed by atoms with E-state index in [1.165, 1.54) is 0 Å². The first kappa shape index (κ1) is 9.52. The topological polar surface area (TPSA) is 69.1 Å². The quantitative estimate of drug-likeness (QED) is 0.389. The van der Waals surface area contributed by atoms with E-state index >= 15 is 0 Å². The molecule has 0 aromatic rings. The zero-order chi connectivity index (χ0) is 8.20. The van der Waals surface area contributed by atoms with E-state index in [2.05, 4.69) is 19.2 Å². The van der Waals surface area contributed by atoms with Crippen molar-refractivity contribution < 1.29 is 4.79 Å². The van der Waals surface area contributed by atoms with Gasteiger partial charge in [-0.25, -0.2) is 0 Å². The van der Waals surface area contributed by atoms with Crippen molar-refractivity contribution in [1.29, 1.82) is 0 Å². The molecule has 4 heteroatoms. The maximum atomic E-state index is 10.6. The van der Waals surface area contributed by atoms with E-state index in [-0.39, 0.29) is 5.75 Å². The summed E-state index contributed by atoms with van der Waals surface area (Å²) in [6.45, 7) is 3.45. The predicted molar refractivity (Wildman–Crippen MR) is 44.8 cm³/mol. The number of hydrogen-bond donors (Lipinski definition) is 3. The molecular weight excluding hydrogens is 148 g/mol. The molecule has 0 saturated carbocycles. The van der Waals surface area contributed by atoms with Crippen molar-refractivity contribution >= 4 is 18.5 Å². The first-order valence-electron chi connectivity index (χ1n) is 2.87. The third-order valence-corrected chi connectivity index (χ3v) is 1.85. The van der Waals surface area contributed by atoms with Crippen molar-refractivity contribution in [2.75, 3.05) is 5.75 Å². The minimum absolute atomic E-state index is 0.244. The molecule has 0 bridgehead atoms. The summed E-state index contributed by atoms with van der Waals surface area (Å²) < 4.78 is 0. The van der Waals surface area contributed by atoms with Crippen molar-refractivity contribution in [3.63, 3.8) is 0 Å². The molecule has 0 aromatic heterocycles. The van der Waals surface area contributed by atoms with Crippen LogP contribution in [0.5, 0.6) is 0 Å². The summed E-state index contributed by atoms with van der Waals surface area (Å²) in [4.78, 5) is 10.6. The molecule has 4 N–H and O–H groups in total. The number of hydrogen-bond acceptors (Lipinski definition) is 3. The molecule has 0 heterocycles. The lowest BCUT2D eigenvalue weighted by atomic mass is 9.99. The van der Waals surface area contributed by atoms with Gasteiger partial charge in [-0.15, -0.1) is 6.58 Å². The highest BCUT2D eigenvalue weighted by atomic mass is 32.1. The number of carbonyl (C=O) groups excluding carboxylic acids is 1. The predicted octanol–water partition coefficient (Wildman–Crippen LogP) is -0.325. The molecule has 0 fully saturated rings. The Bertz CT molecular complexity index is 149. The Morgan fingerprint density at radius 3 is 2.40 bits per heavy atom. The first-order chi connectivity index (χ1) is 4.56. The van der Waals surface area contributed by atoms with Gasteiger partial charge in [0.25, 0.3) is 0 Å². The van der Waals surface area contributed by atoms with Crippen LogP contribution >= 0.6 is 12.6 Å². The van der Waals surface area contributed by atoms with Crippen LogP contribution in [0.1, 0.15) is 6.42 Å². The highest BCUT2D eigenvalue weighted by molar-refractivity contribution is 7.80. The van der Waals surface area contributed by atoms with Gasteiger partial charge < -0.3 is 11.5 Å². The molecule has 3 nitrogen and oxygen atoms in total. The molecule has 58 valence electrons. The van der Waals surface area contributed by atoms with E-state index in [1.54, 1.807) is 6.08 Å². The lowest BCUT2D eigenvalue weighted by molar-refractivity contribution is -0.122. The minimum atomic E-state index is -1.02. The Morgan fingerprint density at radius 1 is 1.80 bits per heavy atom. The number of carbonyl (C=O) groups is 1. The first-order valence-corrected chi connectivity index (χ1v) is 3.50.